The summed E-state index contributed by atoms with van der Waals surface area (Å²) in [6.45, 7) is 4.08. The van der Waals surface area contributed by atoms with Crippen molar-refractivity contribution in [3.8, 4) is 0 Å². The highest BCUT2D eigenvalue weighted by molar-refractivity contribution is 5.88. The Kier molecular flexibility index (Phi) is 3.94. The number of carbonyl (C=O) groups excluding carboxylic acids is 1. The maximum absolute atomic E-state index is 12.0. The van der Waals surface area contributed by atoms with Crippen molar-refractivity contribution in [3.05, 3.63) is 0 Å². The highest BCUT2D eigenvalue weighted by Gasteiger charge is 2.30. The molecule has 0 atom stereocenters. The molecule has 1 aliphatic rings. The lowest BCUT2D eigenvalue weighted by molar-refractivity contribution is -0.139. The van der Waals surface area contributed by atoms with Crippen LogP contribution in [0.1, 0.15) is 33.1 Å². The molecule has 3 N–H and O–H groups in total. The molecule has 0 unspecified atom stereocenters. The van der Waals surface area contributed by atoms with Gasteiger partial charge in [0.15, 0.2) is 5.84 Å². The van der Waals surface area contributed by atoms with E-state index in [0.29, 0.717) is 0 Å². The van der Waals surface area contributed by atoms with Crippen molar-refractivity contribution in [1.82, 2.24) is 4.90 Å². The molecule has 1 rings (SSSR count). The first-order valence-corrected chi connectivity index (χ1v) is 5.33. The Morgan fingerprint density at radius 2 is 2.20 bits per heavy atom. The van der Waals surface area contributed by atoms with Crippen molar-refractivity contribution in [2.75, 3.05) is 6.54 Å². The molecule has 0 aromatic carbocycles. The summed E-state index contributed by atoms with van der Waals surface area (Å²) in [7, 11) is 0. The summed E-state index contributed by atoms with van der Waals surface area (Å²) in [4.78, 5) is 13.6. The van der Waals surface area contributed by atoms with E-state index in [2.05, 4.69) is 5.16 Å². The number of carbonyl (C=O) groups is 1. The number of oxime groups is 1. The lowest BCUT2D eigenvalue weighted by Gasteiger charge is -2.33. The number of nitrogens with two attached hydrogens (primary N) is 1. The fourth-order valence-electron chi connectivity index (χ4n) is 1.61. The van der Waals surface area contributed by atoms with E-state index in [1.807, 2.05) is 13.8 Å². The second kappa shape index (κ2) is 5.00. The molecular weight excluding hydrogens is 194 g/mol. The second-order valence-corrected chi connectivity index (χ2v) is 4.28. The number of amidine groups is 1. The maximum atomic E-state index is 12.0. The van der Waals surface area contributed by atoms with E-state index >= 15 is 0 Å². The van der Waals surface area contributed by atoms with Gasteiger partial charge in [0, 0.05) is 12.0 Å². The molecule has 5 nitrogen and oxygen atoms in total. The second-order valence-electron chi connectivity index (χ2n) is 4.28. The molecule has 0 aromatic rings. The van der Waals surface area contributed by atoms with E-state index < -0.39 is 0 Å². The molecule has 86 valence electrons. The van der Waals surface area contributed by atoms with Crippen LogP contribution in [0.5, 0.6) is 0 Å². The summed E-state index contributed by atoms with van der Waals surface area (Å²) in [6.07, 6.45) is 3.07. The van der Waals surface area contributed by atoms with E-state index in [1.54, 1.807) is 4.90 Å². The van der Waals surface area contributed by atoms with Crippen LogP contribution in [0.4, 0.5) is 0 Å². The topological polar surface area (TPSA) is 78.9 Å². The van der Waals surface area contributed by atoms with Crippen LogP contribution in [0.15, 0.2) is 5.16 Å². The molecule has 0 aromatic heterocycles. The van der Waals surface area contributed by atoms with Crippen LogP contribution in [0.2, 0.25) is 0 Å². The van der Waals surface area contributed by atoms with Crippen LogP contribution in [0.25, 0.3) is 0 Å². The van der Waals surface area contributed by atoms with Gasteiger partial charge >= 0.3 is 0 Å². The molecule has 1 fully saturated rings. The zero-order chi connectivity index (χ0) is 11.4. The Hall–Kier alpha value is -1.26. The van der Waals surface area contributed by atoms with Gasteiger partial charge in [-0.3, -0.25) is 4.79 Å². The molecule has 15 heavy (non-hydrogen) atoms. The smallest absolute Gasteiger partial charge is 0.226 e. The summed E-state index contributed by atoms with van der Waals surface area (Å²) >= 11 is 0. The molecule has 1 amide bonds. The third kappa shape index (κ3) is 2.84. The minimum atomic E-state index is 0.0800. The van der Waals surface area contributed by atoms with Gasteiger partial charge in [0.25, 0.3) is 0 Å². The van der Waals surface area contributed by atoms with Gasteiger partial charge in [0.1, 0.15) is 0 Å². The van der Waals surface area contributed by atoms with Crippen LogP contribution < -0.4 is 5.73 Å². The lowest BCUT2D eigenvalue weighted by atomic mass is 9.84. The molecule has 0 heterocycles. The minimum Gasteiger partial charge on any atom is -0.409 e. The van der Waals surface area contributed by atoms with Gasteiger partial charge in [-0.1, -0.05) is 11.6 Å². The van der Waals surface area contributed by atoms with Gasteiger partial charge in [0.05, 0.1) is 6.54 Å². The van der Waals surface area contributed by atoms with E-state index in [9.17, 15) is 4.79 Å². The molecule has 0 saturated heterocycles. The van der Waals surface area contributed by atoms with E-state index in [4.69, 9.17) is 10.9 Å². The van der Waals surface area contributed by atoms with Crippen LogP contribution in [-0.2, 0) is 4.79 Å². The first-order valence-electron chi connectivity index (χ1n) is 5.33. The molecule has 1 saturated carbocycles. The van der Waals surface area contributed by atoms with Crippen LogP contribution in [0.3, 0.4) is 0 Å². The normalized spacial score (nSPS) is 17.7. The van der Waals surface area contributed by atoms with Crippen molar-refractivity contribution < 1.29 is 10.0 Å². The molecule has 0 radical (unpaired) electrons. The Morgan fingerprint density at radius 1 is 1.60 bits per heavy atom. The monoisotopic (exact) mass is 213 g/mol. The lowest BCUT2D eigenvalue weighted by Crippen LogP contribution is -2.47. The molecule has 1 aliphatic carbocycles. The summed E-state index contributed by atoms with van der Waals surface area (Å²) in [5, 5.41) is 11.4. The van der Waals surface area contributed by atoms with Gasteiger partial charge < -0.3 is 15.8 Å². The average molecular weight is 213 g/mol. The van der Waals surface area contributed by atoms with Crippen molar-refractivity contribution in [2.45, 2.75) is 39.2 Å². The zero-order valence-electron chi connectivity index (χ0n) is 9.31. The first-order chi connectivity index (χ1) is 7.06. The molecule has 0 bridgehead atoms. The minimum absolute atomic E-state index is 0.0800. The van der Waals surface area contributed by atoms with Gasteiger partial charge in [-0.2, -0.15) is 0 Å². The number of nitrogens with zero attached hydrogens (tertiary/aromatic N) is 2. The van der Waals surface area contributed by atoms with Crippen molar-refractivity contribution in [2.24, 2.45) is 16.8 Å². The molecule has 0 aliphatic heterocycles. The van der Waals surface area contributed by atoms with E-state index in [0.717, 1.165) is 19.3 Å². The Balaban J connectivity index is 2.60. The molecular formula is C10H19N3O2. The van der Waals surface area contributed by atoms with Crippen LogP contribution in [-0.4, -0.2) is 34.4 Å². The summed E-state index contributed by atoms with van der Waals surface area (Å²) in [5.74, 6) is 0.359. The van der Waals surface area contributed by atoms with Crippen molar-refractivity contribution >= 4 is 11.7 Å². The third-order valence-electron chi connectivity index (χ3n) is 2.82. The fraction of sp³-hybridized carbons (Fsp3) is 0.800. The predicted molar refractivity (Wildman–Crippen MR) is 57.6 cm³/mol. The summed E-state index contributed by atoms with van der Waals surface area (Å²) in [5.41, 5.74) is 5.42. The Labute approximate surface area is 89.9 Å². The van der Waals surface area contributed by atoms with Gasteiger partial charge in [0.2, 0.25) is 5.91 Å². The summed E-state index contributed by atoms with van der Waals surface area (Å²) in [6, 6.07) is 0.0819. The van der Waals surface area contributed by atoms with Gasteiger partial charge in [-0.25, -0.2) is 0 Å². The van der Waals surface area contributed by atoms with Crippen molar-refractivity contribution in [3.63, 3.8) is 0 Å². The number of rotatable bonds is 4. The maximum Gasteiger partial charge on any atom is 0.226 e. The molecule has 0 spiro atoms. The number of hydrogen-bond donors (Lipinski definition) is 2. The van der Waals surface area contributed by atoms with Crippen LogP contribution in [0, 0.1) is 5.92 Å². The Morgan fingerprint density at radius 3 is 2.53 bits per heavy atom. The highest BCUT2D eigenvalue weighted by Crippen LogP contribution is 2.28. The Bertz CT molecular complexity index is 259. The average Bonchev–Trinajstić information content (AvgIpc) is 2.10. The first kappa shape index (κ1) is 11.8. The fourth-order valence-corrected chi connectivity index (χ4v) is 1.61. The SMILES string of the molecule is CC(C)N(CC(N)=NO)C(=O)C1CCC1. The van der Waals surface area contributed by atoms with Crippen molar-refractivity contribution in [1.29, 1.82) is 0 Å². The quantitative estimate of drug-likeness (QED) is 0.313. The third-order valence-corrected chi connectivity index (χ3v) is 2.82. The zero-order valence-corrected chi connectivity index (χ0v) is 9.31. The molecule has 5 heteroatoms. The highest BCUT2D eigenvalue weighted by atomic mass is 16.4. The largest absolute Gasteiger partial charge is 0.409 e. The number of amides is 1. The predicted octanol–water partition coefficient (Wildman–Crippen LogP) is 0.770. The van der Waals surface area contributed by atoms with Gasteiger partial charge in [-0.05, 0) is 26.7 Å². The van der Waals surface area contributed by atoms with Crippen LogP contribution >= 0.6 is 0 Å². The van der Waals surface area contributed by atoms with E-state index in [-0.39, 0.29) is 30.2 Å². The number of hydrogen-bond acceptors (Lipinski definition) is 3. The summed E-state index contributed by atoms with van der Waals surface area (Å²) < 4.78 is 0. The van der Waals surface area contributed by atoms with E-state index in [1.165, 1.54) is 0 Å². The van der Waals surface area contributed by atoms with Gasteiger partial charge in [-0.15, -0.1) is 0 Å². The standard InChI is InChI=1S/C10H19N3O2/c1-7(2)13(6-9(11)12-15)10(14)8-4-3-5-8/h7-8,15H,3-6H2,1-2H3,(H2,11,12).